The Kier molecular flexibility index (Phi) is 11.1. The van der Waals surface area contributed by atoms with Gasteiger partial charge in [-0.25, -0.2) is 9.97 Å². The molecule has 14 aromatic carbocycles. The average Bonchev–Trinajstić information content (AvgIpc) is 1.57. The van der Waals surface area contributed by atoms with Crippen LogP contribution in [0.4, 0.5) is 0 Å². The van der Waals surface area contributed by atoms with Crippen molar-refractivity contribution in [2.45, 2.75) is 0 Å². The highest BCUT2D eigenvalue weighted by atomic mass is 15.0. The van der Waals surface area contributed by atoms with Crippen LogP contribution in [0.2, 0.25) is 0 Å². The van der Waals surface area contributed by atoms with Crippen LogP contribution < -0.4 is 0 Å². The standard InChI is InChI=1S/C87H51N7/c88-52-53-33-35-55(36-34-53)87-89-85(84-69-27-15-17-54-18-16-28-70(83(54)69)86(84)90-87)60-45-63(93-77-31-13-9-25-67(77)73-49-58(39-43-81(73)93)56-37-41-79-71(47-56)65-23-7-11-29-75(65)91(79)61-19-3-1-4-20-61)51-64(46-60)94-78-32-14-10-26-68(78)74-50-59(40-44-82(74)94)57-38-42-80-72(48-57)66-24-8-12-30-76(66)92(80)62-21-5-2-6-22-62/h1-51H. The zero-order chi connectivity index (χ0) is 61.7. The van der Waals surface area contributed by atoms with Gasteiger partial charge in [0.25, 0.3) is 0 Å². The summed E-state index contributed by atoms with van der Waals surface area (Å²) in [5, 5.41) is 21.8. The number of aromatic nitrogens is 6. The Bertz CT molecular complexity index is 6170. The van der Waals surface area contributed by atoms with E-state index in [1.54, 1.807) is 0 Å². The van der Waals surface area contributed by atoms with E-state index in [1.807, 2.05) is 24.3 Å². The van der Waals surface area contributed by atoms with Crippen molar-refractivity contribution < 1.29 is 0 Å². The Morgan fingerprint density at radius 1 is 0.255 bits per heavy atom. The van der Waals surface area contributed by atoms with E-state index in [0.717, 1.165) is 133 Å². The van der Waals surface area contributed by atoms with E-state index < -0.39 is 0 Å². The van der Waals surface area contributed by atoms with E-state index >= 15 is 0 Å². The molecule has 1 aliphatic rings. The van der Waals surface area contributed by atoms with Crippen molar-refractivity contribution in [1.29, 1.82) is 5.26 Å². The lowest BCUT2D eigenvalue weighted by Gasteiger charge is -2.18. The van der Waals surface area contributed by atoms with E-state index in [1.165, 1.54) is 49.0 Å². The largest absolute Gasteiger partial charge is 0.309 e. The molecule has 94 heavy (non-hydrogen) atoms. The number of hydrogen-bond donors (Lipinski definition) is 0. The number of benzene rings is 14. The molecule has 0 saturated heterocycles. The van der Waals surface area contributed by atoms with Crippen molar-refractivity contribution in [1.82, 2.24) is 28.2 Å². The van der Waals surface area contributed by atoms with Crippen molar-refractivity contribution in [2.75, 3.05) is 0 Å². The second kappa shape index (κ2) is 20.1. The third-order valence-electron chi connectivity index (χ3n) is 19.7. The average molecular weight is 1190 g/mol. The molecule has 1 aliphatic carbocycles. The first kappa shape index (κ1) is 51.9. The molecular formula is C87H51N7. The molecule has 5 aromatic heterocycles. The SMILES string of the molecule is N#Cc1ccc(-c2nc(-c3cc(-n4c5ccccc5c5cc(-c6ccc7c(c6)c6ccccc6n7-c6ccccc6)ccc54)cc(-n4c5ccccc5c5cc(-c6ccc7c(c6)c6ccccc6n7-c6ccccc6)ccc54)c3)c3c(n2)-c2cccc4cccc-3c24)cc1. The van der Waals surface area contributed by atoms with Gasteiger partial charge < -0.3 is 18.3 Å². The highest BCUT2D eigenvalue weighted by Gasteiger charge is 2.30. The van der Waals surface area contributed by atoms with Gasteiger partial charge in [0.15, 0.2) is 5.82 Å². The van der Waals surface area contributed by atoms with Crippen LogP contribution in [0.5, 0.6) is 0 Å². The highest BCUT2D eigenvalue weighted by Crippen LogP contribution is 2.52. The number of nitriles is 1. The van der Waals surface area contributed by atoms with Crippen LogP contribution in [-0.2, 0) is 0 Å². The summed E-state index contributed by atoms with van der Waals surface area (Å²) < 4.78 is 9.66. The maximum absolute atomic E-state index is 9.92. The summed E-state index contributed by atoms with van der Waals surface area (Å²) in [6.45, 7) is 0. The summed E-state index contributed by atoms with van der Waals surface area (Å²) in [7, 11) is 0. The van der Waals surface area contributed by atoms with Crippen molar-refractivity contribution in [3.63, 3.8) is 0 Å². The summed E-state index contributed by atoms with van der Waals surface area (Å²) in [5.74, 6) is 0.592. The minimum atomic E-state index is 0.581. The van der Waals surface area contributed by atoms with Crippen LogP contribution in [0.3, 0.4) is 0 Å². The Morgan fingerprint density at radius 3 is 1.04 bits per heavy atom. The van der Waals surface area contributed by atoms with Gasteiger partial charge in [-0.05, 0) is 178 Å². The summed E-state index contributed by atoms with van der Waals surface area (Å²) in [5.41, 5.74) is 25.2. The van der Waals surface area contributed by atoms with Gasteiger partial charge in [0, 0.05) is 88.1 Å². The Labute approximate surface area is 539 Å². The molecule has 7 nitrogen and oxygen atoms in total. The fraction of sp³-hybridized carbons (Fsp3) is 0. The van der Waals surface area contributed by atoms with E-state index in [4.69, 9.17) is 9.97 Å². The number of rotatable bonds is 8. The fourth-order valence-corrected chi connectivity index (χ4v) is 15.6. The third kappa shape index (κ3) is 7.65. The summed E-state index contributed by atoms with van der Waals surface area (Å²) in [6.07, 6.45) is 0. The van der Waals surface area contributed by atoms with Crippen LogP contribution in [0.15, 0.2) is 309 Å². The van der Waals surface area contributed by atoms with Crippen molar-refractivity contribution in [2.24, 2.45) is 0 Å². The van der Waals surface area contributed by atoms with E-state index in [0.29, 0.717) is 11.4 Å². The van der Waals surface area contributed by atoms with Gasteiger partial charge in [-0.15, -0.1) is 0 Å². The molecule has 0 N–H and O–H groups in total. The lowest BCUT2D eigenvalue weighted by Crippen LogP contribution is -2.02. The van der Waals surface area contributed by atoms with Gasteiger partial charge in [-0.2, -0.15) is 5.26 Å². The molecule has 434 valence electrons. The molecule has 0 atom stereocenters. The topological polar surface area (TPSA) is 69.3 Å². The minimum Gasteiger partial charge on any atom is -0.309 e. The van der Waals surface area contributed by atoms with Gasteiger partial charge in [0.2, 0.25) is 0 Å². The monoisotopic (exact) mass is 1190 g/mol. The Hall–Kier alpha value is -12.9. The van der Waals surface area contributed by atoms with Crippen LogP contribution in [-0.4, -0.2) is 28.2 Å². The summed E-state index contributed by atoms with van der Waals surface area (Å²) in [4.78, 5) is 11.2. The lowest BCUT2D eigenvalue weighted by molar-refractivity contribution is 1.13. The second-order valence-electron chi connectivity index (χ2n) is 24.8. The third-order valence-corrected chi connectivity index (χ3v) is 19.7. The predicted molar refractivity (Wildman–Crippen MR) is 388 cm³/mol. The molecule has 0 amide bonds. The van der Waals surface area contributed by atoms with Gasteiger partial charge >= 0.3 is 0 Å². The molecule has 0 fully saturated rings. The van der Waals surface area contributed by atoms with Gasteiger partial charge in [0.05, 0.1) is 67.2 Å². The number of fused-ring (bicyclic) bond motifs is 15. The molecule has 0 bridgehead atoms. The van der Waals surface area contributed by atoms with Gasteiger partial charge in [-0.3, -0.25) is 0 Å². The van der Waals surface area contributed by atoms with Crippen molar-refractivity contribution in [3.8, 4) is 96.1 Å². The molecule has 0 aliphatic heterocycles. The molecule has 0 radical (unpaired) electrons. The van der Waals surface area contributed by atoms with E-state index in [2.05, 4.69) is 309 Å². The molecule has 5 heterocycles. The van der Waals surface area contributed by atoms with Gasteiger partial charge in [-0.1, -0.05) is 170 Å². The Balaban J connectivity index is 0.818. The zero-order valence-electron chi connectivity index (χ0n) is 50.6. The van der Waals surface area contributed by atoms with Crippen LogP contribution in [0.25, 0.3) is 188 Å². The smallest absolute Gasteiger partial charge is 0.160 e. The summed E-state index contributed by atoms with van der Waals surface area (Å²) in [6, 6.07) is 114. The maximum Gasteiger partial charge on any atom is 0.160 e. The van der Waals surface area contributed by atoms with E-state index in [-0.39, 0.29) is 0 Å². The second-order valence-corrected chi connectivity index (χ2v) is 24.8. The highest BCUT2D eigenvalue weighted by molar-refractivity contribution is 6.19. The first-order valence-electron chi connectivity index (χ1n) is 31.9. The lowest BCUT2D eigenvalue weighted by atomic mass is 9.98. The first-order valence-corrected chi connectivity index (χ1v) is 31.9. The molecule has 0 spiro atoms. The molecule has 20 rings (SSSR count). The summed E-state index contributed by atoms with van der Waals surface area (Å²) >= 11 is 0. The quantitative estimate of drug-likeness (QED) is 0.152. The maximum atomic E-state index is 9.92. The fourth-order valence-electron chi connectivity index (χ4n) is 15.6. The van der Waals surface area contributed by atoms with Crippen molar-refractivity contribution in [3.05, 3.63) is 315 Å². The van der Waals surface area contributed by atoms with Crippen LogP contribution in [0, 0.1) is 11.3 Å². The number of hydrogen-bond acceptors (Lipinski definition) is 3. The Morgan fingerprint density at radius 2 is 0.617 bits per heavy atom. The molecule has 7 heteroatoms. The minimum absolute atomic E-state index is 0.581. The molecule has 0 unspecified atom stereocenters. The normalized spacial score (nSPS) is 12.0. The molecular weight excluding hydrogens is 1140 g/mol. The molecule has 19 aromatic rings. The number of para-hydroxylation sites is 6. The van der Waals surface area contributed by atoms with Crippen LogP contribution >= 0.6 is 0 Å². The molecule has 0 saturated carbocycles. The van der Waals surface area contributed by atoms with Crippen LogP contribution in [0.1, 0.15) is 5.56 Å². The number of nitrogens with zero attached hydrogens (tertiary/aromatic N) is 7. The predicted octanol–water partition coefficient (Wildman–Crippen LogP) is 22.2. The first-order chi connectivity index (χ1) is 46.6. The van der Waals surface area contributed by atoms with Crippen molar-refractivity contribution >= 4 is 98.0 Å². The zero-order valence-corrected chi connectivity index (χ0v) is 50.6. The van der Waals surface area contributed by atoms with Gasteiger partial charge in [0.1, 0.15) is 0 Å². The van der Waals surface area contributed by atoms with E-state index in [9.17, 15) is 5.26 Å².